The number of aromatic carboxylic acids is 1. The van der Waals surface area contributed by atoms with Crippen LogP contribution < -0.4 is 0 Å². The van der Waals surface area contributed by atoms with Gasteiger partial charge in [0, 0.05) is 16.7 Å². The summed E-state index contributed by atoms with van der Waals surface area (Å²) in [6.45, 7) is 0. The van der Waals surface area contributed by atoms with E-state index in [2.05, 4.69) is 10.2 Å². The van der Waals surface area contributed by atoms with Crippen LogP contribution >= 0.6 is 11.8 Å². The molecular formula is C14H11N3O2S. The van der Waals surface area contributed by atoms with Crippen LogP contribution in [0.25, 0.3) is 17.0 Å². The minimum Gasteiger partial charge on any atom is -0.478 e. The Balaban J connectivity index is 2.14. The summed E-state index contributed by atoms with van der Waals surface area (Å²) in [6.07, 6.45) is 3.55. The van der Waals surface area contributed by atoms with Crippen LogP contribution in [-0.2, 0) is 0 Å². The number of fused-ring (bicyclic) bond motifs is 1. The molecule has 0 bridgehead atoms. The maximum absolute atomic E-state index is 11.0. The van der Waals surface area contributed by atoms with Gasteiger partial charge in [0.1, 0.15) is 0 Å². The molecule has 0 aliphatic heterocycles. The third-order valence-electron chi connectivity index (χ3n) is 3.00. The lowest BCUT2D eigenvalue weighted by molar-refractivity contribution is 0.0696. The molecule has 6 heteroatoms. The molecule has 5 nitrogen and oxygen atoms in total. The number of hydrogen-bond acceptors (Lipinski definition) is 4. The number of pyridine rings is 1. The van der Waals surface area contributed by atoms with Crippen molar-refractivity contribution >= 4 is 23.4 Å². The first-order valence-corrected chi connectivity index (χ1v) is 7.14. The molecule has 0 radical (unpaired) electrons. The molecular weight excluding hydrogens is 274 g/mol. The summed E-state index contributed by atoms with van der Waals surface area (Å²) in [6, 6.07) is 11.1. The summed E-state index contributed by atoms with van der Waals surface area (Å²) in [5, 5.41) is 17.2. The molecule has 0 spiro atoms. The SMILES string of the molecule is CSc1ccc(-c2nnc3ccc(C(=O)O)cn23)cc1. The Kier molecular flexibility index (Phi) is 3.15. The zero-order chi connectivity index (χ0) is 14.1. The van der Waals surface area contributed by atoms with Gasteiger partial charge in [-0.25, -0.2) is 4.79 Å². The van der Waals surface area contributed by atoms with Crippen molar-refractivity contribution in [2.75, 3.05) is 6.26 Å². The normalized spacial score (nSPS) is 10.8. The first-order valence-electron chi connectivity index (χ1n) is 5.91. The van der Waals surface area contributed by atoms with Crippen LogP contribution in [0.5, 0.6) is 0 Å². The minimum atomic E-state index is -0.968. The lowest BCUT2D eigenvalue weighted by Gasteiger charge is -2.02. The van der Waals surface area contributed by atoms with Gasteiger partial charge < -0.3 is 5.11 Å². The molecule has 2 heterocycles. The number of carboxylic acids is 1. The van der Waals surface area contributed by atoms with Crippen LogP contribution in [-0.4, -0.2) is 31.9 Å². The van der Waals surface area contributed by atoms with Crippen LogP contribution in [0.4, 0.5) is 0 Å². The van der Waals surface area contributed by atoms with Gasteiger partial charge in [-0.3, -0.25) is 4.40 Å². The van der Waals surface area contributed by atoms with Gasteiger partial charge in [-0.05, 0) is 30.5 Å². The highest BCUT2D eigenvalue weighted by Gasteiger charge is 2.10. The van der Waals surface area contributed by atoms with Crippen molar-refractivity contribution in [3.05, 3.63) is 48.2 Å². The summed E-state index contributed by atoms with van der Waals surface area (Å²) in [4.78, 5) is 12.2. The van der Waals surface area contributed by atoms with Gasteiger partial charge in [0.15, 0.2) is 11.5 Å². The first-order chi connectivity index (χ1) is 9.69. The molecule has 1 aromatic carbocycles. The zero-order valence-corrected chi connectivity index (χ0v) is 11.5. The molecule has 0 saturated carbocycles. The molecule has 1 N–H and O–H groups in total. The summed E-state index contributed by atoms with van der Waals surface area (Å²) in [5.74, 6) is -0.333. The van der Waals surface area contributed by atoms with Crippen LogP contribution in [0.3, 0.4) is 0 Å². The average Bonchev–Trinajstić information content (AvgIpc) is 2.90. The van der Waals surface area contributed by atoms with Crippen molar-refractivity contribution in [2.24, 2.45) is 0 Å². The summed E-state index contributed by atoms with van der Waals surface area (Å²) in [5.41, 5.74) is 1.73. The molecule has 0 atom stereocenters. The van der Waals surface area contributed by atoms with Crippen LogP contribution in [0.1, 0.15) is 10.4 Å². The van der Waals surface area contributed by atoms with Gasteiger partial charge in [-0.15, -0.1) is 22.0 Å². The number of rotatable bonds is 3. The van der Waals surface area contributed by atoms with Crippen molar-refractivity contribution in [3.8, 4) is 11.4 Å². The predicted molar refractivity (Wildman–Crippen MR) is 77.2 cm³/mol. The Morgan fingerprint density at radius 3 is 2.55 bits per heavy atom. The Hall–Kier alpha value is -2.34. The molecule has 0 amide bonds. The second kappa shape index (κ2) is 4.97. The second-order valence-electron chi connectivity index (χ2n) is 4.20. The predicted octanol–water partition coefficient (Wildman–Crippen LogP) is 2.82. The monoisotopic (exact) mass is 285 g/mol. The molecule has 2 aromatic heterocycles. The molecule has 0 saturated heterocycles. The zero-order valence-electron chi connectivity index (χ0n) is 10.6. The molecule has 20 heavy (non-hydrogen) atoms. The fourth-order valence-corrected chi connectivity index (χ4v) is 2.36. The van der Waals surface area contributed by atoms with Gasteiger partial charge in [-0.2, -0.15) is 0 Å². The summed E-state index contributed by atoms with van der Waals surface area (Å²) >= 11 is 1.66. The Morgan fingerprint density at radius 2 is 1.90 bits per heavy atom. The van der Waals surface area contributed by atoms with Gasteiger partial charge in [0.05, 0.1) is 5.56 Å². The number of hydrogen-bond donors (Lipinski definition) is 1. The maximum Gasteiger partial charge on any atom is 0.337 e. The van der Waals surface area contributed by atoms with E-state index in [1.165, 1.54) is 12.3 Å². The van der Waals surface area contributed by atoms with E-state index in [0.29, 0.717) is 11.5 Å². The number of thioether (sulfide) groups is 1. The van der Waals surface area contributed by atoms with Crippen molar-refractivity contribution < 1.29 is 9.90 Å². The lowest BCUT2D eigenvalue weighted by atomic mass is 10.2. The van der Waals surface area contributed by atoms with Gasteiger partial charge in [0.25, 0.3) is 0 Å². The van der Waals surface area contributed by atoms with E-state index >= 15 is 0 Å². The van der Waals surface area contributed by atoms with Crippen LogP contribution in [0, 0.1) is 0 Å². The van der Waals surface area contributed by atoms with E-state index < -0.39 is 5.97 Å². The van der Waals surface area contributed by atoms with Gasteiger partial charge in [-0.1, -0.05) is 12.1 Å². The number of carbonyl (C=O) groups is 1. The van der Waals surface area contributed by atoms with E-state index in [-0.39, 0.29) is 5.56 Å². The maximum atomic E-state index is 11.0. The topological polar surface area (TPSA) is 67.5 Å². The number of carboxylic acid groups (broad SMARTS) is 1. The Labute approximate surface area is 119 Å². The molecule has 0 aliphatic rings. The van der Waals surface area contributed by atoms with Crippen molar-refractivity contribution in [1.82, 2.24) is 14.6 Å². The standard InChI is InChI=1S/C14H11N3O2S/c1-20-11-5-2-9(3-6-11)13-16-15-12-7-4-10(14(18)19)8-17(12)13/h2-8H,1H3,(H,18,19). The molecule has 100 valence electrons. The molecule has 3 aromatic rings. The summed E-state index contributed by atoms with van der Waals surface area (Å²) in [7, 11) is 0. The van der Waals surface area contributed by atoms with Crippen LogP contribution in [0.2, 0.25) is 0 Å². The quantitative estimate of drug-likeness (QED) is 0.749. The van der Waals surface area contributed by atoms with E-state index in [0.717, 1.165) is 10.5 Å². The van der Waals surface area contributed by atoms with Crippen LogP contribution in [0.15, 0.2) is 47.5 Å². The van der Waals surface area contributed by atoms with Crippen molar-refractivity contribution in [3.63, 3.8) is 0 Å². The molecule has 0 aliphatic carbocycles. The first kappa shape index (κ1) is 12.7. The highest BCUT2D eigenvalue weighted by Crippen LogP contribution is 2.22. The lowest BCUT2D eigenvalue weighted by Crippen LogP contribution is -1.99. The van der Waals surface area contributed by atoms with E-state index in [4.69, 9.17) is 5.11 Å². The fourth-order valence-electron chi connectivity index (χ4n) is 1.95. The Bertz CT molecular complexity index is 781. The molecule has 0 unspecified atom stereocenters. The highest BCUT2D eigenvalue weighted by molar-refractivity contribution is 7.98. The van der Waals surface area contributed by atoms with E-state index in [1.807, 2.05) is 30.5 Å². The average molecular weight is 285 g/mol. The molecule has 3 rings (SSSR count). The molecule has 0 fully saturated rings. The van der Waals surface area contributed by atoms with Crippen molar-refractivity contribution in [2.45, 2.75) is 4.90 Å². The second-order valence-corrected chi connectivity index (χ2v) is 5.08. The smallest absolute Gasteiger partial charge is 0.337 e. The number of nitrogens with zero attached hydrogens (tertiary/aromatic N) is 3. The number of aromatic nitrogens is 3. The Morgan fingerprint density at radius 1 is 1.15 bits per heavy atom. The minimum absolute atomic E-state index is 0.208. The highest BCUT2D eigenvalue weighted by atomic mass is 32.2. The third-order valence-corrected chi connectivity index (χ3v) is 3.74. The van der Waals surface area contributed by atoms with Gasteiger partial charge >= 0.3 is 5.97 Å². The third kappa shape index (κ3) is 2.14. The van der Waals surface area contributed by atoms with E-state index in [1.54, 1.807) is 22.2 Å². The van der Waals surface area contributed by atoms with Gasteiger partial charge in [0.2, 0.25) is 0 Å². The fraction of sp³-hybridized carbons (Fsp3) is 0.0714. The largest absolute Gasteiger partial charge is 0.478 e. The number of benzene rings is 1. The van der Waals surface area contributed by atoms with E-state index in [9.17, 15) is 4.79 Å². The summed E-state index contributed by atoms with van der Waals surface area (Å²) < 4.78 is 1.69. The van der Waals surface area contributed by atoms with Crippen molar-refractivity contribution in [1.29, 1.82) is 0 Å².